The first-order valence-corrected chi connectivity index (χ1v) is 7.29. The van der Waals surface area contributed by atoms with E-state index < -0.39 is 11.7 Å². The summed E-state index contributed by atoms with van der Waals surface area (Å²) in [5, 5.41) is 8.70. The minimum absolute atomic E-state index is 0.0477. The van der Waals surface area contributed by atoms with Crippen molar-refractivity contribution in [2.75, 3.05) is 13.2 Å². The Morgan fingerprint density at radius 2 is 2.24 bits per heavy atom. The molecule has 4 N–H and O–H groups in total. The van der Waals surface area contributed by atoms with Crippen molar-refractivity contribution in [3.05, 3.63) is 42.1 Å². The monoisotopic (exact) mass is 343 g/mol. The van der Waals surface area contributed by atoms with Crippen molar-refractivity contribution in [3.8, 4) is 17.1 Å². The molecule has 0 aliphatic rings. The predicted octanol–water partition coefficient (Wildman–Crippen LogP) is 1.03. The number of aromatic amines is 1. The number of hydrogen-bond acceptors (Lipinski definition) is 6. The van der Waals surface area contributed by atoms with E-state index in [2.05, 4.69) is 19.9 Å². The number of hydrogen-bond donors (Lipinski definition) is 3. The SMILES string of the molecule is NC(=O)C=Cc1c[nH]c2ncc(-c3cnc(OCCO)c(F)c3)nc12. The molecule has 0 aromatic carbocycles. The number of nitrogens with one attached hydrogen (secondary N) is 1. The van der Waals surface area contributed by atoms with Gasteiger partial charge in [0.05, 0.1) is 18.5 Å². The number of carbonyl (C=O) groups is 1. The largest absolute Gasteiger partial charge is 0.473 e. The van der Waals surface area contributed by atoms with Gasteiger partial charge in [-0.1, -0.05) is 0 Å². The third kappa shape index (κ3) is 3.61. The smallest absolute Gasteiger partial charge is 0.250 e. The van der Waals surface area contributed by atoms with Crippen LogP contribution in [0.25, 0.3) is 28.5 Å². The molecule has 0 aliphatic heterocycles. The Labute approximate surface area is 141 Å². The summed E-state index contributed by atoms with van der Waals surface area (Å²) in [5.74, 6) is -1.45. The predicted molar refractivity (Wildman–Crippen MR) is 87.9 cm³/mol. The van der Waals surface area contributed by atoms with Crippen LogP contribution in [-0.2, 0) is 4.79 Å². The third-order valence-electron chi connectivity index (χ3n) is 3.27. The Morgan fingerprint density at radius 1 is 1.40 bits per heavy atom. The van der Waals surface area contributed by atoms with E-state index >= 15 is 0 Å². The van der Waals surface area contributed by atoms with Crippen LogP contribution >= 0.6 is 0 Å². The van der Waals surface area contributed by atoms with Gasteiger partial charge in [-0.15, -0.1) is 0 Å². The molecule has 8 nitrogen and oxygen atoms in total. The summed E-state index contributed by atoms with van der Waals surface area (Å²) in [6.07, 6.45) is 7.25. The van der Waals surface area contributed by atoms with E-state index in [9.17, 15) is 9.18 Å². The molecule has 0 radical (unpaired) electrons. The van der Waals surface area contributed by atoms with E-state index in [1.807, 2.05) is 0 Å². The van der Waals surface area contributed by atoms with Gasteiger partial charge in [-0.05, 0) is 12.1 Å². The number of aliphatic hydroxyl groups excluding tert-OH is 1. The number of amides is 1. The molecule has 0 atom stereocenters. The summed E-state index contributed by atoms with van der Waals surface area (Å²) >= 11 is 0. The summed E-state index contributed by atoms with van der Waals surface area (Å²) < 4.78 is 19.0. The summed E-state index contributed by atoms with van der Waals surface area (Å²) in [4.78, 5) is 26.3. The maximum absolute atomic E-state index is 14.0. The topological polar surface area (TPSA) is 127 Å². The molecule has 0 aliphatic carbocycles. The molecular formula is C16H14FN5O3. The van der Waals surface area contributed by atoms with E-state index in [1.54, 1.807) is 6.20 Å². The van der Waals surface area contributed by atoms with E-state index in [0.717, 1.165) is 0 Å². The van der Waals surface area contributed by atoms with Crippen molar-refractivity contribution in [2.24, 2.45) is 5.73 Å². The van der Waals surface area contributed by atoms with Crippen LogP contribution < -0.4 is 10.5 Å². The first-order chi connectivity index (χ1) is 12.1. The number of rotatable bonds is 6. The molecule has 128 valence electrons. The number of aromatic nitrogens is 4. The van der Waals surface area contributed by atoms with Crippen LogP contribution in [0.1, 0.15) is 5.56 Å². The molecule has 0 saturated carbocycles. The standard InChI is InChI=1S/C16H14FN5O3/c17-11-5-10(7-21-16(11)25-4-3-23)12-8-20-15-14(22-12)9(6-19-15)1-2-13(18)24/h1-2,5-8,23H,3-4H2,(H2,18,24)(H,19,20). The summed E-state index contributed by atoms with van der Waals surface area (Å²) in [6.45, 7) is -0.284. The Morgan fingerprint density at radius 3 is 2.96 bits per heavy atom. The fraction of sp³-hybridized carbons (Fsp3) is 0.125. The normalized spacial score (nSPS) is 11.3. The van der Waals surface area contributed by atoms with Gasteiger partial charge in [0.2, 0.25) is 11.8 Å². The highest BCUT2D eigenvalue weighted by Crippen LogP contribution is 2.24. The summed E-state index contributed by atoms with van der Waals surface area (Å²) in [7, 11) is 0. The van der Waals surface area contributed by atoms with Gasteiger partial charge in [0.1, 0.15) is 12.1 Å². The Bertz CT molecular complexity index is 954. The maximum atomic E-state index is 14.0. The molecule has 1 amide bonds. The molecule has 0 saturated heterocycles. The molecule has 3 heterocycles. The van der Waals surface area contributed by atoms with Gasteiger partial charge in [0.25, 0.3) is 0 Å². The van der Waals surface area contributed by atoms with Crippen molar-refractivity contribution in [1.82, 2.24) is 19.9 Å². The maximum Gasteiger partial charge on any atom is 0.250 e. The quantitative estimate of drug-likeness (QED) is 0.574. The average Bonchev–Trinajstić information content (AvgIpc) is 3.01. The molecule has 0 unspecified atom stereocenters. The molecular weight excluding hydrogens is 329 g/mol. The second-order valence-corrected chi connectivity index (χ2v) is 5.02. The highest BCUT2D eigenvalue weighted by molar-refractivity contribution is 5.93. The second kappa shape index (κ2) is 7.05. The first-order valence-electron chi connectivity index (χ1n) is 7.29. The minimum Gasteiger partial charge on any atom is -0.473 e. The van der Waals surface area contributed by atoms with Crippen LogP contribution in [0, 0.1) is 5.82 Å². The average molecular weight is 343 g/mol. The van der Waals surface area contributed by atoms with Crippen LogP contribution in [0.15, 0.2) is 30.7 Å². The number of primary amides is 1. The van der Waals surface area contributed by atoms with Crippen LogP contribution in [0.4, 0.5) is 4.39 Å². The third-order valence-corrected chi connectivity index (χ3v) is 3.27. The molecule has 0 bridgehead atoms. The summed E-state index contributed by atoms with van der Waals surface area (Å²) in [5.41, 5.74) is 7.56. The zero-order valence-electron chi connectivity index (χ0n) is 12.9. The number of H-pyrrole nitrogens is 1. The first kappa shape index (κ1) is 16.5. The van der Waals surface area contributed by atoms with Crippen LogP contribution in [0.3, 0.4) is 0 Å². The van der Waals surface area contributed by atoms with Crippen molar-refractivity contribution in [3.63, 3.8) is 0 Å². The molecule has 3 rings (SSSR count). The van der Waals surface area contributed by atoms with Gasteiger partial charge in [-0.25, -0.2) is 19.3 Å². The zero-order valence-corrected chi connectivity index (χ0v) is 12.9. The number of nitrogens with zero attached hydrogens (tertiary/aromatic N) is 3. The van der Waals surface area contributed by atoms with Crippen LogP contribution in [-0.4, -0.2) is 44.2 Å². The molecule has 9 heteroatoms. The number of nitrogens with two attached hydrogens (primary N) is 1. The van der Waals surface area contributed by atoms with E-state index in [4.69, 9.17) is 15.6 Å². The van der Waals surface area contributed by atoms with Gasteiger partial charge in [-0.2, -0.15) is 0 Å². The number of carbonyl (C=O) groups excluding carboxylic acids is 1. The molecule has 25 heavy (non-hydrogen) atoms. The molecule has 3 aromatic heterocycles. The fourth-order valence-corrected chi connectivity index (χ4v) is 2.16. The Hall–Kier alpha value is -3.33. The van der Waals surface area contributed by atoms with Gasteiger partial charge in [-0.3, -0.25) is 4.79 Å². The highest BCUT2D eigenvalue weighted by atomic mass is 19.1. The molecule has 0 fully saturated rings. The lowest BCUT2D eigenvalue weighted by atomic mass is 10.2. The number of aliphatic hydroxyl groups is 1. The van der Waals surface area contributed by atoms with Crippen LogP contribution in [0.2, 0.25) is 0 Å². The fourth-order valence-electron chi connectivity index (χ4n) is 2.16. The Balaban J connectivity index is 1.97. The number of fused-ring (bicyclic) bond motifs is 1. The lowest BCUT2D eigenvalue weighted by Gasteiger charge is -2.06. The molecule has 0 spiro atoms. The van der Waals surface area contributed by atoms with E-state index in [0.29, 0.717) is 28.0 Å². The number of halogens is 1. The van der Waals surface area contributed by atoms with Gasteiger partial charge >= 0.3 is 0 Å². The van der Waals surface area contributed by atoms with E-state index in [1.165, 1.54) is 30.6 Å². The zero-order chi connectivity index (χ0) is 17.8. The second-order valence-electron chi connectivity index (χ2n) is 5.02. The van der Waals surface area contributed by atoms with Crippen molar-refractivity contribution < 1.29 is 19.0 Å². The van der Waals surface area contributed by atoms with Crippen molar-refractivity contribution in [2.45, 2.75) is 0 Å². The van der Waals surface area contributed by atoms with Gasteiger partial charge in [0, 0.05) is 29.6 Å². The van der Waals surface area contributed by atoms with Crippen molar-refractivity contribution >= 4 is 23.1 Å². The summed E-state index contributed by atoms with van der Waals surface area (Å²) in [6, 6.07) is 1.22. The lowest BCUT2D eigenvalue weighted by Crippen LogP contribution is -2.05. The van der Waals surface area contributed by atoms with Gasteiger partial charge in [0.15, 0.2) is 11.5 Å². The van der Waals surface area contributed by atoms with E-state index in [-0.39, 0.29) is 19.1 Å². The Kier molecular flexibility index (Phi) is 4.66. The number of pyridine rings is 1. The lowest BCUT2D eigenvalue weighted by molar-refractivity contribution is -0.113. The highest BCUT2D eigenvalue weighted by Gasteiger charge is 2.11. The van der Waals surface area contributed by atoms with Gasteiger partial charge < -0.3 is 20.6 Å². The number of ether oxygens (including phenoxy) is 1. The molecule has 3 aromatic rings. The minimum atomic E-state index is -0.671. The van der Waals surface area contributed by atoms with Crippen LogP contribution in [0.5, 0.6) is 5.88 Å². The van der Waals surface area contributed by atoms with Crippen molar-refractivity contribution in [1.29, 1.82) is 0 Å².